The zero-order valence-electron chi connectivity index (χ0n) is 16.4. The van der Waals surface area contributed by atoms with E-state index in [0.717, 1.165) is 38.9 Å². The van der Waals surface area contributed by atoms with Crippen molar-refractivity contribution in [3.8, 4) is 22.3 Å². The van der Waals surface area contributed by atoms with E-state index in [1.807, 2.05) is 70.2 Å². The molecule has 0 aromatic heterocycles. The number of rotatable bonds is 4. The zero-order chi connectivity index (χ0) is 20.6. The van der Waals surface area contributed by atoms with Gasteiger partial charge in [0.2, 0.25) is 0 Å². The first-order valence-corrected chi connectivity index (χ1v) is 10.6. The maximum atomic E-state index is 12.7. The molecule has 28 heavy (non-hydrogen) atoms. The molecule has 0 aliphatic carbocycles. The lowest BCUT2D eigenvalue weighted by molar-refractivity contribution is 0.104. The quantitative estimate of drug-likeness (QED) is 0.567. The Bertz CT molecular complexity index is 1080. The first kappa shape index (κ1) is 20.2. The maximum Gasteiger partial charge on any atom is 0.396 e. The van der Waals surface area contributed by atoms with Gasteiger partial charge < -0.3 is 9.79 Å². The van der Waals surface area contributed by atoms with Crippen LogP contribution in [0.25, 0.3) is 22.3 Å². The van der Waals surface area contributed by atoms with Gasteiger partial charge in [0, 0.05) is 11.1 Å². The molecular formula is C23H23O4P. The van der Waals surface area contributed by atoms with Crippen LogP contribution < -0.4 is 0 Å². The summed E-state index contributed by atoms with van der Waals surface area (Å²) >= 11 is 0. The second-order valence-corrected chi connectivity index (χ2v) is 8.61. The van der Waals surface area contributed by atoms with E-state index in [-0.39, 0.29) is 5.56 Å². The monoisotopic (exact) mass is 394 g/mol. The van der Waals surface area contributed by atoms with Crippen molar-refractivity contribution in [3.63, 3.8) is 0 Å². The molecule has 0 saturated carbocycles. The number of benzene rings is 3. The molecule has 0 bridgehead atoms. The fraction of sp³-hybridized carbons (Fsp3) is 0.174. The standard InChI is InChI=1S/C23H23O4P/c1-14-8-5-9-15(2)20(14)18-12-7-13-19(23(24)28(25,26)27)22(18)21-16(3)10-6-11-17(21)4/h5-13H,1-4H3,(H2,25,26,27). The van der Waals surface area contributed by atoms with Crippen LogP contribution in [-0.4, -0.2) is 15.3 Å². The van der Waals surface area contributed by atoms with Gasteiger partial charge in [-0.3, -0.25) is 9.36 Å². The van der Waals surface area contributed by atoms with E-state index in [4.69, 9.17) is 0 Å². The molecular weight excluding hydrogens is 371 g/mol. The molecule has 0 aliphatic rings. The largest absolute Gasteiger partial charge is 0.396 e. The van der Waals surface area contributed by atoms with Crippen molar-refractivity contribution < 1.29 is 19.1 Å². The lowest BCUT2D eigenvalue weighted by Gasteiger charge is -2.21. The summed E-state index contributed by atoms with van der Waals surface area (Å²) in [5.74, 6) is 0. The molecule has 0 saturated heterocycles. The number of hydrogen-bond acceptors (Lipinski definition) is 2. The first-order chi connectivity index (χ1) is 13.1. The van der Waals surface area contributed by atoms with Crippen molar-refractivity contribution in [2.75, 3.05) is 0 Å². The van der Waals surface area contributed by atoms with Gasteiger partial charge in [0.1, 0.15) is 0 Å². The lowest BCUT2D eigenvalue weighted by Crippen LogP contribution is -2.06. The van der Waals surface area contributed by atoms with Crippen LogP contribution in [0.5, 0.6) is 0 Å². The van der Waals surface area contributed by atoms with Crippen molar-refractivity contribution in [2.45, 2.75) is 27.7 Å². The van der Waals surface area contributed by atoms with Crippen LogP contribution in [-0.2, 0) is 4.57 Å². The van der Waals surface area contributed by atoms with Crippen LogP contribution in [0.1, 0.15) is 32.6 Å². The number of carbonyl (C=O) groups is 1. The summed E-state index contributed by atoms with van der Waals surface area (Å²) in [5, 5.41) is 0. The average molecular weight is 394 g/mol. The van der Waals surface area contributed by atoms with E-state index in [9.17, 15) is 19.1 Å². The third kappa shape index (κ3) is 3.59. The predicted octanol–water partition coefficient (Wildman–Crippen LogP) is 5.57. The van der Waals surface area contributed by atoms with Gasteiger partial charge in [-0.15, -0.1) is 0 Å². The van der Waals surface area contributed by atoms with Crippen molar-refractivity contribution in [3.05, 3.63) is 82.4 Å². The first-order valence-electron chi connectivity index (χ1n) is 8.99. The normalized spacial score (nSPS) is 11.5. The van der Waals surface area contributed by atoms with Crippen molar-refractivity contribution in [1.29, 1.82) is 0 Å². The van der Waals surface area contributed by atoms with Gasteiger partial charge in [0.25, 0.3) is 5.52 Å². The molecule has 0 fully saturated rings. The van der Waals surface area contributed by atoms with E-state index in [0.29, 0.717) is 5.56 Å². The van der Waals surface area contributed by atoms with Gasteiger partial charge in [-0.25, -0.2) is 0 Å². The Hall–Kier alpha value is -2.52. The van der Waals surface area contributed by atoms with E-state index in [1.54, 1.807) is 6.07 Å². The molecule has 0 aliphatic heterocycles. The van der Waals surface area contributed by atoms with Crippen molar-refractivity contribution in [2.24, 2.45) is 0 Å². The molecule has 0 heterocycles. The van der Waals surface area contributed by atoms with Gasteiger partial charge in [-0.05, 0) is 66.6 Å². The molecule has 3 aromatic carbocycles. The second kappa shape index (κ2) is 7.48. The number of carbonyl (C=O) groups excluding carboxylic acids is 1. The molecule has 0 amide bonds. The van der Waals surface area contributed by atoms with Crippen LogP contribution in [0.3, 0.4) is 0 Å². The Balaban J connectivity index is 2.50. The van der Waals surface area contributed by atoms with Crippen LogP contribution in [0, 0.1) is 27.7 Å². The minimum absolute atomic E-state index is 0.0471. The topological polar surface area (TPSA) is 74.6 Å². The van der Waals surface area contributed by atoms with Crippen LogP contribution in [0.15, 0.2) is 54.6 Å². The van der Waals surface area contributed by atoms with Crippen molar-refractivity contribution in [1.82, 2.24) is 0 Å². The summed E-state index contributed by atoms with van der Waals surface area (Å²) in [6, 6.07) is 16.9. The van der Waals surface area contributed by atoms with Crippen LogP contribution in [0.4, 0.5) is 0 Å². The molecule has 4 nitrogen and oxygen atoms in total. The summed E-state index contributed by atoms with van der Waals surface area (Å²) in [6.07, 6.45) is 0. The summed E-state index contributed by atoms with van der Waals surface area (Å²) in [4.78, 5) is 31.8. The Kier molecular flexibility index (Phi) is 5.40. The zero-order valence-corrected chi connectivity index (χ0v) is 17.2. The highest BCUT2D eigenvalue weighted by Gasteiger charge is 2.31. The molecule has 144 valence electrons. The molecule has 5 heteroatoms. The third-order valence-corrected chi connectivity index (χ3v) is 5.81. The van der Waals surface area contributed by atoms with Crippen LogP contribution in [0.2, 0.25) is 0 Å². The number of hydrogen-bond donors (Lipinski definition) is 2. The van der Waals surface area contributed by atoms with Gasteiger partial charge in [0.05, 0.1) is 0 Å². The predicted molar refractivity (Wildman–Crippen MR) is 113 cm³/mol. The molecule has 0 atom stereocenters. The Labute approximate surface area is 165 Å². The minimum atomic E-state index is -4.93. The van der Waals surface area contributed by atoms with Gasteiger partial charge in [-0.1, -0.05) is 54.6 Å². The minimum Gasteiger partial charge on any atom is -0.319 e. The van der Waals surface area contributed by atoms with E-state index >= 15 is 0 Å². The van der Waals surface area contributed by atoms with Crippen LogP contribution >= 0.6 is 7.60 Å². The Morgan fingerprint density at radius 2 is 1.11 bits per heavy atom. The second-order valence-electron chi connectivity index (χ2n) is 7.11. The smallest absolute Gasteiger partial charge is 0.319 e. The van der Waals surface area contributed by atoms with Gasteiger partial charge >= 0.3 is 7.60 Å². The average Bonchev–Trinajstić information content (AvgIpc) is 2.61. The van der Waals surface area contributed by atoms with E-state index in [1.165, 1.54) is 6.07 Å². The summed E-state index contributed by atoms with van der Waals surface area (Å²) in [5.41, 5.74) is 6.02. The van der Waals surface area contributed by atoms with E-state index in [2.05, 4.69) is 0 Å². The van der Waals surface area contributed by atoms with Gasteiger partial charge in [-0.2, -0.15) is 0 Å². The molecule has 0 radical (unpaired) electrons. The van der Waals surface area contributed by atoms with Crippen molar-refractivity contribution >= 4 is 13.1 Å². The molecule has 0 spiro atoms. The fourth-order valence-corrected chi connectivity index (χ4v) is 4.31. The van der Waals surface area contributed by atoms with E-state index < -0.39 is 13.1 Å². The highest BCUT2D eigenvalue weighted by atomic mass is 31.2. The van der Waals surface area contributed by atoms with Gasteiger partial charge in [0.15, 0.2) is 0 Å². The summed E-state index contributed by atoms with van der Waals surface area (Å²) in [6.45, 7) is 7.87. The highest BCUT2D eigenvalue weighted by Crippen LogP contribution is 2.46. The highest BCUT2D eigenvalue weighted by molar-refractivity contribution is 7.70. The maximum absolute atomic E-state index is 12.7. The SMILES string of the molecule is Cc1cccc(C)c1-c1cccc(C(=O)P(=O)(O)O)c1-c1c(C)cccc1C. The Morgan fingerprint density at radius 3 is 1.57 bits per heavy atom. The Morgan fingerprint density at radius 1 is 0.679 bits per heavy atom. The third-order valence-electron chi connectivity index (χ3n) is 5.04. The number of aryl methyl sites for hydroxylation is 4. The molecule has 0 unspecified atom stereocenters. The fourth-order valence-electron chi connectivity index (χ4n) is 3.81. The summed E-state index contributed by atoms with van der Waals surface area (Å²) < 4.78 is 11.8. The molecule has 2 N–H and O–H groups in total. The molecule has 3 aromatic rings. The lowest BCUT2D eigenvalue weighted by atomic mass is 9.84. The summed E-state index contributed by atoms with van der Waals surface area (Å²) in [7, 11) is -4.93. The molecule has 3 rings (SSSR count).